The Morgan fingerprint density at radius 3 is 2.89 bits per heavy atom. The van der Waals surface area contributed by atoms with Gasteiger partial charge in [0.25, 0.3) is 0 Å². The lowest BCUT2D eigenvalue weighted by Crippen LogP contribution is -2.27. The van der Waals surface area contributed by atoms with Gasteiger partial charge in [-0.05, 0) is 23.4 Å². The second-order valence-electron chi connectivity index (χ2n) is 4.64. The van der Waals surface area contributed by atoms with E-state index in [2.05, 4.69) is 17.1 Å². The molecule has 18 heavy (non-hydrogen) atoms. The highest BCUT2D eigenvalue weighted by Gasteiger charge is 2.26. The summed E-state index contributed by atoms with van der Waals surface area (Å²) in [6.45, 7) is 0.891. The largest absolute Gasteiger partial charge is 0.361 e. The van der Waals surface area contributed by atoms with Crippen molar-refractivity contribution in [3.05, 3.63) is 36.0 Å². The number of aromatic amines is 1. The minimum Gasteiger partial charge on any atom is -0.361 e. The van der Waals surface area contributed by atoms with Crippen LogP contribution in [0.4, 0.5) is 0 Å². The summed E-state index contributed by atoms with van der Waals surface area (Å²) in [5, 5.41) is 1.18. The zero-order chi connectivity index (χ0) is 12.5. The van der Waals surface area contributed by atoms with Gasteiger partial charge in [0.15, 0.2) is 5.78 Å². The average Bonchev–Trinajstić information content (AvgIpc) is 2.93. The van der Waals surface area contributed by atoms with E-state index >= 15 is 0 Å². The third kappa shape index (κ3) is 1.90. The van der Waals surface area contributed by atoms with Crippen LogP contribution < -0.4 is 0 Å². The fraction of sp³-hybridized carbons (Fsp3) is 0.286. The van der Waals surface area contributed by atoms with Crippen LogP contribution in [0.15, 0.2) is 30.5 Å². The van der Waals surface area contributed by atoms with Crippen LogP contribution >= 0.6 is 0 Å². The smallest absolute Gasteiger partial charge is 0.230 e. The second kappa shape index (κ2) is 4.29. The number of ketones is 1. The number of nitrogens with one attached hydrogen (secondary N) is 1. The summed E-state index contributed by atoms with van der Waals surface area (Å²) in [4.78, 5) is 27.6. The molecular weight excluding hydrogens is 228 g/mol. The van der Waals surface area contributed by atoms with Crippen molar-refractivity contribution in [1.29, 1.82) is 0 Å². The summed E-state index contributed by atoms with van der Waals surface area (Å²) < 4.78 is 0. The molecule has 3 rings (SSSR count). The molecule has 4 heteroatoms. The SMILES string of the molecule is O=C1CC(=O)N(CCc2cccc3cc[nH]c23)C1. The van der Waals surface area contributed by atoms with E-state index in [9.17, 15) is 9.59 Å². The number of carbonyl (C=O) groups excluding carboxylic acids is 2. The highest BCUT2D eigenvalue weighted by Crippen LogP contribution is 2.18. The number of carbonyl (C=O) groups is 2. The van der Waals surface area contributed by atoms with E-state index in [0.29, 0.717) is 6.54 Å². The number of nitrogens with zero attached hydrogens (tertiary/aromatic N) is 1. The summed E-state index contributed by atoms with van der Waals surface area (Å²) in [5.41, 5.74) is 2.31. The third-order valence-electron chi connectivity index (χ3n) is 3.39. The van der Waals surface area contributed by atoms with Gasteiger partial charge in [-0.2, -0.15) is 0 Å². The summed E-state index contributed by atoms with van der Waals surface area (Å²) >= 11 is 0. The van der Waals surface area contributed by atoms with Crippen LogP contribution in [0.3, 0.4) is 0 Å². The Hall–Kier alpha value is -2.10. The van der Waals surface area contributed by atoms with E-state index < -0.39 is 0 Å². The number of hydrogen-bond acceptors (Lipinski definition) is 2. The minimum atomic E-state index is -0.0429. The molecule has 1 N–H and O–H groups in total. The number of H-pyrrole nitrogens is 1. The molecule has 1 fully saturated rings. The topological polar surface area (TPSA) is 53.2 Å². The van der Waals surface area contributed by atoms with Gasteiger partial charge in [0, 0.05) is 18.3 Å². The van der Waals surface area contributed by atoms with Gasteiger partial charge in [0.1, 0.15) is 0 Å². The standard InChI is InChI=1S/C14H14N2O2/c17-12-8-13(18)16(9-12)7-5-11-3-1-2-10-4-6-15-14(10)11/h1-4,6,15H,5,7-9H2. The molecule has 1 amide bonds. The molecule has 0 atom stereocenters. The van der Waals surface area contributed by atoms with E-state index in [1.165, 1.54) is 10.9 Å². The molecule has 4 nitrogen and oxygen atoms in total. The second-order valence-corrected chi connectivity index (χ2v) is 4.64. The predicted molar refractivity (Wildman–Crippen MR) is 68.2 cm³/mol. The third-order valence-corrected chi connectivity index (χ3v) is 3.39. The lowest BCUT2D eigenvalue weighted by atomic mass is 10.1. The molecule has 1 aliphatic rings. The van der Waals surface area contributed by atoms with E-state index in [-0.39, 0.29) is 24.7 Å². The molecule has 0 saturated carbocycles. The molecule has 0 spiro atoms. The first-order valence-electron chi connectivity index (χ1n) is 6.08. The average molecular weight is 242 g/mol. The van der Waals surface area contributed by atoms with E-state index in [1.54, 1.807) is 4.90 Å². The Morgan fingerprint density at radius 2 is 2.11 bits per heavy atom. The number of benzene rings is 1. The number of likely N-dealkylation sites (tertiary alicyclic amines) is 1. The van der Waals surface area contributed by atoms with Crippen molar-refractivity contribution in [2.45, 2.75) is 12.8 Å². The minimum absolute atomic E-state index is 0.0260. The fourth-order valence-electron chi connectivity index (χ4n) is 2.45. The first-order chi connectivity index (χ1) is 8.74. The van der Waals surface area contributed by atoms with Crippen molar-refractivity contribution in [3.8, 4) is 0 Å². The van der Waals surface area contributed by atoms with E-state index in [1.807, 2.05) is 18.3 Å². The molecule has 0 radical (unpaired) electrons. The fourth-order valence-corrected chi connectivity index (χ4v) is 2.45. The zero-order valence-corrected chi connectivity index (χ0v) is 9.98. The van der Waals surface area contributed by atoms with Crippen LogP contribution in [0.25, 0.3) is 10.9 Å². The molecule has 0 bridgehead atoms. The van der Waals surface area contributed by atoms with Crippen molar-refractivity contribution in [1.82, 2.24) is 9.88 Å². The zero-order valence-electron chi connectivity index (χ0n) is 9.98. The summed E-state index contributed by atoms with van der Waals surface area (Å²) in [6, 6.07) is 8.16. The lowest BCUT2D eigenvalue weighted by Gasteiger charge is -2.14. The molecule has 2 aromatic rings. The van der Waals surface area contributed by atoms with Crippen molar-refractivity contribution in [3.63, 3.8) is 0 Å². The normalized spacial score (nSPS) is 15.9. The van der Waals surface area contributed by atoms with E-state index in [4.69, 9.17) is 0 Å². The van der Waals surface area contributed by atoms with Crippen LogP contribution in [0.1, 0.15) is 12.0 Å². The first kappa shape index (κ1) is 11.0. The van der Waals surface area contributed by atoms with Crippen LogP contribution in [0.5, 0.6) is 0 Å². The van der Waals surface area contributed by atoms with Crippen molar-refractivity contribution < 1.29 is 9.59 Å². The van der Waals surface area contributed by atoms with Crippen LogP contribution in [0.2, 0.25) is 0 Å². The summed E-state index contributed by atoms with van der Waals surface area (Å²) in [5.74, 6) is -0.0169. The maximum atomic E-state index is 11.5. The van der Waals surface area contributed by atoms with Gasteiger partial charge in [-0.25, -0.2) is 0 Å². The Kier molecular flexibility index (Phi) is 2.63. The number of rotatable bonds is 3. The van der Waals surface area contributed by atoms with Gasteiger partial charge in [0.05, 0.1) is 13.0 Å². The first-order valence-corrected chi connectivity index (χ1v) is 6.08. The maximum Gasteiger partial charge on any atom is 0.230 e. The highest BCUT2D eigenvalue weighted by molar-refractivity contribution is 6.05. The molecule has 1 aromatic carbocycles. The summed E-state index contributed by atoms with van der Waals surface area (Å²) in [6.07, 6.45) is 2.77. The molecule has 92 valence electrons. The Balaban J connectivity index is 1.75. The number of hydrogen-bond donors (Lipinski definition) is 1. The number of para-hydroxylation sites is 1. The monoisotopic (exact) mass is 242 g/mol. The maximum absolute atomic E-state index is 11.5. The van der Waals surface area contributed by atoms with Gasteiger partial charge >= 0.3 is 0 Å². The van der Waals surface area contributed by atoms with Crippen molar-refractivity contribution in [2.75, 3.05) is 13.1 Å². The number of aromatic nitrogens is 1. The molecule has 1 aliphatic heterocycles. The molecule has 1 aromatic heterocycles. The van der Waals surface area contributed by atoms with Gasteiger partial charge in [0.2, 0.25) is 5.91 Å². The summed E-state index contributed by atoms with van der Waals surface area (Å²) in [7, 11) is 0. The molecular formula is C14H14N2O2. The number of fused-ring (bicyclic) bond motifs is 1. The van der Waals surface area contributed by atoms with Crippen molar-refractivity contribution in [2.24, 2.45) is 0 Å². The quantitative estimate of drug-likeness (QED) is 0.829. The van der Waals surface area contributed by atoms with Crippen molar-refractivity contribution >= 4 is 22.6 Å². The molecule has 0 aliphatic carbocycles. The Bertz CT molecular complexity index is 615. The van der Waals surface area contributed by atoms with Gasteiger partial charge in [-0.3, -0.25) is 9.59 Å². The van der Waals surface area contributed by atoms with Gasteiger partial charge in [-0.1, -0.05) is 18.2 Å². The van der Waals surface area contributed by atoms with Crippen LogP contribution in [-0.4, -0.2) is 34.7 Å². The lowest BCUT2D eigenvalue weighted by molar-refractivity contribution is -0.127. The molecule has 0 unspecified atom stereocenters. The Labute approximate surface area is 105 Å². The highest BCUT2D eigenvalue weighted by atomic mass is 16.2. The molecule has 2 heterocycles. The Morgan fingerprint density at radius 1 is 1.22 bits per heavy atom. The number of amides is 1. The van der Waals surface area contributed by atoms with E-state index in [0.717, 1.165) is 11.9 Å². The van der Waals surface area contributed by atoms with Gasteiger partial charge < -0.3 is 9.88 Å². The van der Waals surface area contributed by atoms with Crippen LogP contribution in [0, 0.1) is 0 Å². The van der Waals surface area contributed by atoms with Crippen LogP contribution in [-0.2, 0) is 16.0 Å². The predicted octanol–water partition coefficient (Wildman–Crippen LogP) is 1.51. The molecule has 1 saturated heterocycles. The van der Waals surface area contributed by atoms with Gasteiger partial charge in [-0.15, -0.1) is 0 Å². The number of Topliss-reactive ketones (excluding diaryl/α,β-unsaturated/α-hetero) is 1.